The van der Waals surface area contributed by atoms with Crippen molar-refractivity contribution in [2.75, 3.05) is 16.8 Å². The standard InChI is InChI=1S/C14H20N2O3S/c1-11(14(17)16-12-6-3-2-4-7-12)15-13-8-5-9-20(18,19)10-13/h2-4,6-7,11,13,15H,5,8-10H2,1H3,(H,16,17). The number of nitrogens with one attached hydrogen (secondary N) is 2. The van der Waals surface area contributed by atoms with Crippen molar-refractivity contribution >= 4 is 21.4 Å². The number of carbonyl (C=O) groups is 1. The molecule has 2 unspecified atom stereocenters. The Morgan fingerprint density at radius 1 is 1.30 bits per heavy atom. The molecule has 0 aromatic heterocycles. The lowest BCUT2D eigenvalue weighted by Crippen LogP contribution is -2.48. The molecule has 2 N–H and O–H groups in total. The van der Waals surface area contributed by atoms with Crippen molar-refractivity contribution in [3.63, 3.8) is 0 Å². The number of para-hydroxylation sites is 1. The van der Waals surface area contributed by atoms with Gasteiger partial charge in [-0.2, -0.15) is 0 Å². The number of amides is 1. The predicted molar refractivity (Wildman–Crippen MR) is 79.3 cm³/mol. The summed E-state index contributed by atoms with van der Waals surface area (Å²) in [5.74, 6) is 0.227. The zero-order valence-corrected chi connectivity index (χ0v) is 12.3. The van der Waals surface area contributed by atoms with Crippen LogP contribution >= 0.6 is 0 Å². The molecule has 1 aliphatic rings. The van der Waals surface area contributed by atoms with Crippen LogP contribution in [0.1, 0.15) is 19.8 Å². The highest BCUT2D eigenvalue weighted by Gasteiger charge is 2.27. The Morgan fingerprint density at radius 2 is 2.00 bits per heavy atom. The summed E-state index contributed by atoms with van der Waals surface area (Å²) in [7, 11) is -2.96. The molecule has 0 saturated carbocycles. The lowest BCUT2D eigenvalue weighted by Gasteiger charge is -2.26. The van der Waals surface area contributed by atoms with Crippen LogP contribution in [0, 0.1) is 0 Å². The highest BCUT2D eigenvalue weighted by molar-refractivity contribution is 7.91. The Morgan fingerprint density at radius 3 is 2.65 bits per heavy atom. The Bertz CT molecular complexity index is 557. The normalized spacial score (nSPS) is 22.9. The smallest absolute Gasteiger partial charge is 0.241 e. The fourth-order valence-electron chi connectivity index (χ4n) is 2.36. The molecular formula is C14H20N2O3S. The third kappa shape index (κ3) is 4.31. The number of rotatable bonds is 4. The number of sulfone groups is 1. The van der Waals surface area contributed by atoms with Gasteiger partial charge in [0.25, 0.3) is 0 Å². The van der Waals surface area contributed by atoms with Gasteiger partial charge < -0.3 is 10.6 Å². The van der Waals surface area contributed by atoms with E-state index in [-0.39, 0.29) is 23.5 Å². The Kier molecular flexibility index (Phi) is 4.77. The van der Waals surface area contributed by atoms with Gasteiger partial charge in [-0.05, 0) is 31.9 Å². The highest BCUT2D eigenvalue weighted by atomic mass is 32.2. The molecule has 1 amide bonds. The van der Waals surface area contributed by atoms with Gasteiger partial charge in [0.2, 0.25) is 5.91 Å². The maximum atomic E-state index is 12.0. The molecule has 20 heavy (non-hydrogen) atoms. The van der Waals surface area contributed by atoms with Gasteiger partial charge in [-0.15, -0.1) is 0 Å². The van der Waals surface area contributed by atoms with Crippen molar-refractivity contribution < 1.29 is 13.2 Å². The number of carbonyl (C=O) groups excluding carboxylic acids is 1. The second-order valence-electron chi connectivity index (χ2n) is 5.20. The van der Waals surface area contributed by atoms with E-state index in [4.69, 9.17) is 0 Å². The van der Waals surface area contributed by atoms with Gasteiger partial charge >= 0.3 is 0 Å². The van der Waals surface area contributed by atoms with Gasteiger partial charge in [0.05, 0.1) is 17.5 Å². The van der Waals surface area contributed by atoms with Gasteiger partial charge in [0, 0.05) is 11.7 Å². The number of hydrogen-bond donors (Lipinski definition) is 2. The molecule has 0 spiro atoms. The highest BCUT2D eigenvalue weighted by Crippen LogP contribution is 2.13. The van der Waals surface area contributed by atoms with E-state index in [0.717, 1.165) is 12.1 Å². The molecule has 0 aliphatic carbocycles. The number of hydrogen-bond acceptors (Lipinski definition) is 4. The summed E-state index contributed by atoms with van der Waals surface area (Å²) >= 11 is 0. The largest absolute Gasteiger partial charge is 0.325 e. The molecule has 2 atom stereocenters. The van der Waals surface area contributed by atoms with Crippen LogP contribution in [-0.2, 0) is 14.6 Å². The van der Waals surface area contributed by atoms with Gasteiger partial charge in [0.15, 0.2) is 9.84 Å². The average Bonchev–Trinajstić information content (AvgIpc) is 2.38. The summed E-state index contributed by atoms with van der Waals surface area (Å²) in [6.07, 6.45) is 1.45. The molecule has 1 aliphatic heterocycles. The number of benzene rings is 1. The quantitative estimate of drug-likeness (QED) is 0.875. The van der Waals surface area contributed by atoms with E-state index in [0.29, 0.717) is 6.42 Å². The van der Waals surface area contributed by atoms with Crippen LogP contribution in [-0.4, -0.2) is 37.9 Å². The van der Waals surface area contributed by atoms with Crippen LogP contribution < -0.4 is 10.6 Å². The molecular weight excluding hydrogens is 276 g/mol. The molecule has 0 bridgehead atoms. The molecule has 1 fully saturated rings. The summed E-state index contributed by atoms with van der Waals surface area (Å²) in [6.45, 7) is 1.75. The molecule has 1 aromatic carbocycles. The molecule has 1 heterocycles. The average molecular weight is 296 g/mol. The SMILES string of the molecule is CC(NC1CCCS(=O)(=O)C1)C(=O)Nc1ccccc1. The Hall–Kier alpha value is -1.40. The minimum absolute atomic E-state index is 0.121. The molecule has 6 heteroatoms. The predicted octanol–water partition coefficient (Wildman–Crippen LogP) is 1.18. The van der Waals surface area contributed by atoms with E-state index >= 15 is 0 Å². The van der Waals surface area contributed by atoms with Crippen molar-refractivity contribution in [2.45, 2.75) is 31.8 Å². The second kappa shape index (κ2) is 6.37. The van der Waals surface area contributed by atoms with Crippen molar-refractivity contribution in [3.8, 4) is 0 Å². The zero-order chi connectivity index (χ0) is 14.6. The lowest BCUT2D eigenvalue weighted by molar-refractivity contribution is -0.117. The summed E-state index contributed by atoms with van der Waals surface area (Å²) in [5.41, 5.74) is 0.738. The first-order valence-electron chi connectivity index (χ1n) is 6.79. The monoisotopic (exact) mass is 296 g/mol. The van der Waals surface area contributed by atoms with E-state index in [1.807, 2.05) is 30.3 Å². The first kappa shape index (κ1) is 15.0. The topological polar surface area (TPSA) is 75.3 Å². The second-order valence-corrected chi connectivity index (χ2v) is 7.43. The lowest BCUT2D eigenvalue weighted by atomic mass is 10.1. The van der Waals surface area contributed by atoms with E-state index in [2.05, 4.69) is 10.6 Å². The maximum Gasteiger partial charge on any atom is 0.241 e. The van der Waals surface area contributed by atoms with E-state index in [9.17, 15) is 13.2 Å². The van der Waals surface area contributed by atoms with Crippen molar-refractivity contribution in [2.24, 2.45) is 0 Å². The van der Waals surface area contributed by atoms with Gasteiger partial charge in [-0.25, -0.2) is 8.42 Å². The van der Waals surface area contributed by atoms with Crippen LogP contribution in [0.2, 0.25) is 0 Å². The first-order chi connectivity index (χ1) is 9.46. The maximum absolute atomic E-state index is 12.0. The minimum atomic E-state index is -2.96. The molecule has 1 saturated heterocycles. The summed E-state index contributed by atoms with van der Waals surface area (Å²) in [6, 6.07) is 8.65. The summed E-state index contributed by atoms with van der Waals surface area (Å²) in [5, 5.41) is 5.90. The first-order valence-corrected chi connectivity index (χ1v) is 8.61. The molecule has 2 rings (SSSR count). The van der Waals surface area contributed by atoms with E-state index < -0.39 is 15.9 Å². The van der Waals surface area contributed by atoms with Crippen LogP contribution in [0.5, 0.6) is 0 Å². The van der Waals surface area contributed by atoms with Gasteiger partial charge in [0.1, 0.15) is 0 Å². The van der Waals surface area contributed by atoms with Crippen molar-refractivity contribution in [1.29, 1.82) is 0 Å². The van der Waals surface area contributed by atoms with Crippen LogP contribution in [0.25, 0.3) is 0 Å². The Balaban J connectivity index is 1.88. The van der Waals surface area contributed by atoms with Crippen LogP contribution in [0.4, 0.5) is 5.69 Å². The van der Waals surface area contributed by atoms with Crippen molar-refractivity contribution in [3.05, 3.63) is 30.3 Å². The molecule has 110 valence electrons. The fourth-order valence-corrected chi connectivity index (χ4v) is 4.00. The summed E-state index contributed by atoms with van der Waals surface area (Å²) < 4.78 is 23.1. The molecule has 1 aromatic rings. The Labute approximate surface area is 119 Å². The zero-order valence-electron chi connectivity index (χ0n) is 11.5. The fraction of sp³-hybridized carbons (Fsp3) is 0.500. The molecule has 0 radical (unpaired) electrons. The van der Waals surface area contributed by atoms with E-state index in [1.165, 1.54) is 0 Å². The number of anilines is 1. The minimum Gasteiger partial charge on any atom is -0.325 e. The van der Waals surface area contributed by atoms with E-state index in [1.54, 1.807) is 6.92 Å². The van der Waals surface area contributed by atoms with Gasteiger partial charge in [-0.1, -0.05) is 18.2 Å². The third-order valence-corrected chi connectivity index (χ3v) is 5.20. The van der Waals surface area contributed by atoms with Crippen LogP contribution in [0.3, 0.4) is 0 Å². The summed E-state index contributed by atoms with van der Waals surface area (Å²) in [4.78, 5) is 12.0. The molecule has 5 nitrogen and oxygen atoms in total. The van der Waals surface area contributed by atoms with Gasteiger partial charge in [-0.3, -0.25) is 4.79 Å². The van der Waals surface area contributed by atoms with Crippen LogP contribution in [0.15, 0.2) is 30.3 Å². The third-order valence-electron chi connectivity index (χ3n) is 3.38. The van der Waals surface area contributed by atoms with Crippen molar-refractivity contribution in [1.82, 2.24) is 5.32 Å².